The molecule has 122 valence electrons. The summed E-state index contributed by atoms with van der Waals surface area (Å²) in [4.78, 5) is 0. The van der Waals surface area contributed by atoms with Crippen molar-refractivity contribution in [1.82, 2.24) is 0 Å². The molecule has 0 amide bonds. The smallest absolute Gasteiger partial charge is 0.161 e. The molecule has 0 radical (unpaired) electrons. The van der Waals surface area contributed by atoms with Crippen LogP contribution in [0.15, 0.2) is 36.4 Å². The standard InChI is InChI=1S/C18H20O5/c1-3-21-16-10-12(4-6-14(16)20-2)18(19)13-5-7-15-17(11-13)23-9-8-22-15/h4-7,10-11,18-19H,3,8-9H2,1-2H3/t18-/m0/s1. The summed E-state index contributed by atoms with van der Waals surface area (Å²) in [5, 5.41) is 10.7. The van der Waals surface area contributed by atoms with E-state index in [1.165, 1.54) is 0 Å². The first-order valence-corrected chi connectivity index (χ1v) is 7.61. The highest BCUT2D eigenvalue weighted by Gasteiger charge is 2.18. The molecule has 1 aliphatic rings. The number of rotatable bonds is 5. The van der Waals surface area contributed by atoms with Crippen LogP contribution >= 0.6 is 0 Å². The molecule has 2 aromatic rings. The molecule has 23 heavy (non-hydrogen) atoms. The van der Waals surface area contributed by atoms with Crippen molar-refractivity contribution in [3.05, 3.63) is 47.5 Å². The monoisotopic (exact) mass is 316 g/mol. The van der Waals surface area contributed by atoms with Gasteiger partial charge < -0.3 is 24.1 Å². The first-order valence-electron chi connectivity index (χ1n) is 7.61. The normalized spacial score (nSPS) is 14.2. The molecular formula is C18H20O5. The fourth-order valence-electron chi connectivity index (χ4n) is 2.55. The zero-order chi connectivity index (χ0) is 16.2. The number of aliphatic hydroxyl groups is 1. The van der Waals surface area contributed by atoms with Gasteiger partial charge in [0, 0.05) is 0 Å². The fourth-order valence-corrected chi connectivity index (χ4v) is 2.55. The van der Waals surface area contributed by atoms with Gasteiger partial charge in [0.05, 0.1) is 13.7 Å². The Balaban J connectivity index is 1.90. The Morgan fingerprint density at radius 3 is 2.43 bits per heavy atom. The molecule has 0 fully saturated rings. The first-order chi connectivity index (χ1) is 11.2. The van der Waals surface area contributed by atoms with Crippen molar-refractivity contribution in [2.45, 2.75) is 13.0 Å². The molecule has 1 aliphatic heterocycles. The largest absolute Gasteiger partial charge is 0.493 e. The molecule has 1 N–H and O–H groups in total. The van der Waals surface area contributed by atoms with E-state index in [-0.39, 0.29) is 0 Å². The van der Waals surface area contributed by atoms with Crippen LogP contribution in [0, 0.1) is 0 Å². The average Bonchev–Trinajstić information content (AvgIpc) is 2.61. The predicted octanol–water partition coefficient (Wildman–Crippen LogP) is 2.95. The van der Waals surface area contributed by atoms with Crippen LogP contribution < -0.4 is 18.9 Å². The topological polar surface area (TPSA) is 57.2 Å². The number of hydrogen-bond acceptors (Lipinski definition) is 5. The van der Waals surface area contributed by atoms with E-state index >= 15 is 0 Å². The van der Waals surface area contributed by atoms with Gasteiger partial charge in [-0.3, -0.25) is 0 Å². The fraction of sp³-hybridized carbons (Fsp3) is 0.333. The van der Waals surface area contributed by atoms with Gasteiger partial charge in [-0.05, 0) is 42.3 Å². The molecule has 0 aliphatic carbocycles. The summed E-state index contributed by atoms with van der Waals surface area (Å²) in [5.74, 6) is 2.62. The number of hydrogen-bond donors (Lipinski definition) is 1. The molecular weight excluding hydrogens is 296 g/mol. The zero-order valence-electron chi connectivity index (χ0n) is 13.2. The maximum Gasteiger partial charge on any atom is 0.161 e. The van der Waals surface area contributed by atoms with Gasteiger partial charge in [-0.15, -0.1) is 0 Å². The molecule has 0 aromatic heterocycles. The maximum absolute atomic E-state index is 10.7. The van der Waals surface area contributed by atoms with Gasteiger partial charge >= 0.3 is 0 Å². The summed E-state index contributed by atoms with van der Waals surface area (Å²) in [5.41, 5.74) is 1.47. The highest BCUT2D eigenvalue weighted by atomic mass is 16.6. The highest BCUT2D eigenvalue weighted by Crippen LogP contribution is 2.36. The van der Waals surface area contributed by atoms with Crippen LogP contribution in [-0.4, -0.2) is 32.0 Å². The van der Waals surface area contributed by atoms with Crippen molar-refractivity contribution >= 4 is 0 Å². The van der Waals surface area contributed by atoms with Crippen molar-refractivity contribution in [3.8, 4) is 23.0 Å². The lowest BCUT2D eigenvalue weighted by molar-refractivity contribution is 0.169. The van der Waals surface area contributed by atoms with Crippen molar-refractivity contribution in [1.29, 1.82) is 0 Å². The van der Waals surface area contributed by atoms with Gasteiger partial charge in [-0.2, -0.15) is 0 Å². The molecule has 0 spiro atoms. The third-order valence-corrected chi connectivity index (χ3v) is 3.69. The predicted molar refractivity (Wildman–Crippen MR) is 85.7 cm³/mol. The number of ether oxygens (including phenoxy) is 4. The summed E-state index contributed by atoms with van der Waals surface area (Å²) in [6.07, 6.45) is -0.782. The van der Waals surface area contributed by atoms with Gasteiger partial charge in [0.1, 0.15) is 19.3 Å². The summed E-state index contributed by atoms with van der Waals surface area (Å²) in [6.45, 7) is 3.50. The number of fused-ring (bicyclic) bond motifs is 1. The van der Waals surface area contributed by atoms with E-state index in [1.54, 1.807) is 19.2 Å². The molecule has 0 unspecified atom stereocenters. The second kappa shape index (κ2) is 6.79. The molecule has 0 saturated heterocycles. The lowest BCUT2D eigenvalue weighted by Crippen LogP contribution is -2.15. The third-order valence-electron chi connectivity index (χ3n) is 3.69. The summed E-state index contributed by atoms with van der Waals surface area (Å²) >= 11 is 0. The second-order valence-electron chi connectivity index (χ2n) is 5.15. The molecule has 3 rings (SSSR count). The summed E-state index contributed by atoms with van der Waals surface area (Å²) in [6, 6.07) is 10.9. The summed E-state index contributed by atoms with van der Waals surface area (Å²) in [7, 11) is 1.59. The van der Waals surface area contributed by atoms with E-state index in [0.29, 0.717) is 42.8 Å². The van der Waals surface area contributed by atoms with Gasteiger partial charge in [0.25, 0.3) is 0 Å². The van der Waals surface area contributed by atoms with Gasteiger partial charge in [0.15, 0.2) is 23.0 Å². The number of benzene rings is 2. The Labute approximate surface area is 135 Å². The average molecular weight is 316 g/mol. The highest BCUT2D eigenvalue weighted by molar-refractivity contribution is 5.48. The van der Waals surface area contributed by atoms with E-state index in [9.17, 15) is 5.11 Å². The minimum absolute atomic E-state index is 0.517. The summed E-state index contributed by atoms with van der Waals surface area (Å²) < 4.78 is 21.9. The van der Waals surface area contributed by atoms with Gasteiger partial charge in [0.2, 0.25) is 0 Å². The molecule has 0 saturated carbocycles. The molecule has 2 aromatic carbocycles. The van der Waals surface area contributed by atoms with Crippen LogP contribution in [0.5, 0.6) is 23.0 Å². The van der Waals surface area contributed by atoms with Crippen molar-refractivity contribution < 1.29 is 24.1 Å². The van der Waals surface area contributed by atoms with Crippen LogP contribution in [0.25, 0.3) is 0 Å². The van der Waals surface area contributed by atoms with Crippen LogP contribution in [0.2, 0.25) is 0 Å². The van der Waals surface area contributed by atoms with E-state index in [2.05, 4.69) is 0 Å². The van der Waals surface area contributed by atoms with Gasteiger partial charge in [-0.1, -0.05) is 12.1 Å². The van der Waals surface area contributed by atoms with Gasteiger partial charge in [-0.25, -0.2) is 0 Å². The Morgan fingerprint density at radius 1 is 1.00 bits per heavy atom. The Morgan fingerprint density at radius 2 is 1.70 bits per heavy atom. The third kappa shape index (κ3) is 3.19. The number of aliphatic hydroxyl groups excluding tert-OH is 1. The van der Waals surface area contributed by atoms with Crippen LogP contribution in [0.3, 0.4) is 0 Å². The number of methoxy groups -OCH3 is 1. The van der Waals surface area contributed by atoms with Crippen molar-refractivity contribution in [2.75, 3.05) is 26.9 Å². The van der Waals surface area contributed by atoms with Crippen LogP contribution in [0.1, 0.15) is 24.2 Å². The minimum Gasteiger partial charge on any atom is -0.493 e. The van der Waals surface area contributed by atoms with Crippen molar-refractivity contribution in [3.63, 3.8) is 0 Å². The lowest BCUT2D eigenvalue weighted by Gasteiger charge is -2.20. The molecule has 5 heteroatoms. The Kier molecular flexibility index (Phi) is 4.57. The Bertz CT molecular complexity index is 683. The van der Waals surface area contributed by atoms with Crippen LogP contribution in [-0.2, 0) is 0 Å². The minimum atomic E-state index is -0.782. The van der Waals surface area contributed by atoms with Crippen molar-refractivity contribution in [2.24, 2.45) is 0 Å². The first kappa shape index (κ1) is 15.5. The molecule has 1 atom stereocenters. The Hall–Kier alpha value is -2.40. The maximum atomic E-state index is 10.7. The van der Waals surface area contributed by atoms with E-state index < -0.39 is 6.10 Å². The van der Waals surface area contributed by atoms with E-state index in [1.807, 2.05) is 31.2 Å². The zero-order valence-corrected chi connectivity index (χ0v) is 13.2. The van der Waals surface area contributed by atoms with E-state index in [0.717, 1.165) is 11.1 Å². The molecule has 5 nitrogen and oxygen atoms in total. The SMILES string of the molecule is CCOc1cc([C@H](O)c2ccc3c(c2)OCCO3)ccc1OC. The van der Waals surface area contributed by atoms with Crippen LogP contribution in [0.4, 0.5) is 0 Å². The second-order valence-corrected chi connectivity index (χ2v) is 5.15. The molecule has 0 bridgehead atoms. The quantitative estimate of drug-likeness (QED) is 0.919. The molecule has 1 heterocycles. The van der Waals surface area contributed by atoms with E-state index in [4.69, 9.17) is 18.9 Å². The lowest BCUT2D eigenvalue weighted by atomic mass is 10.0.